The van der Waals surface area contributed by atoms with Crippen LogP contribution in [-0.2, 0) is 17.6 Å². The first-order valence-corrected chi connectivity index (χ1v) is 8.29. The molecule has 122 valence electrons. The molecule has 23 heavy (non-hydrogen) atoms. The number of hydrogen-bond donors (Lipinski definition) is 2. The molecule has 0 aliphatic carbocycles. The number of amides is 1. The Morgan fingerprint density at radius 1 is 1.17 bits per heavy atom. The van der Waals surface area contributed by atoms with Crippen molar-refractivity contribution >= 4 is 21.8 Å². The summed E-state index contributed by atoms with van der Waals surface area (Å²) in [6.07, 6.45) is 1.12. The van der Waals surface area contributed by atoms with Gasteiger partial charge in [-0.2, -0.15) is 0 Å². The van der Waals surface area contributed by atoms with Crippen molar-refractivity contribution in [2.75, 3.05) is 0 Å². The smallest absolute Gasteiger partial charge is 0.237 e. The molecule has 0 bridgehead atoms. The normalized spacial score (nSPS) is 13.4. The quantitative estimate of drug-likeness (QED) is 0.810. The van der Waals surface area contributed by atoms with Crippen LogP contribution in [0, 0.1) is 5.82 Å². The molecule has 5 heteroatoms. The molecule has 0 spiro atoms. The lowest BCUT2D eigenvalue weighted by molar-refractivity contribution is -0.122. The summed E-state index contributed by atoms with van der Waals surface area (Å²) in [4.78, 5) is 12.2. The predicted octanol–water partition coefficient (Wildman–Crippen LogP) is 3.21. The molecule has 0 radical (unpaired) electrons. The lowest BCUT2D eigenvalue weighted by Gasteiger charge is -2.18. The minimum absolute atomic E-state index is 0.0818. The molecule has 0 saturated carbocycles. The van der Waals surface area contributed by atoms with E-state index in [4.69, 9.17) is 5.73 Å². The molecule has 1 unspecified atom stereocenters. The van der Waals surface area contributed by atoms with Gasteiger partial charge in [0.1, 0.15) is 5.82 Å². The second kappa shape index (κ2) is 8.22. The summed E-state index contributed by atoms with van der Waals surface area (Å²) >= 11 is 3.16. The molecule has 0 aliphatic rings. The second-order valence-electron chi connectivity index (χ2n) is 5.66. The highest BCUT2D eigenvalue weighted by molar-refractivity contribution is 9.10. The number of carbonyl (C=O) groups is 1. The minimum atomic E-state index is -0.584. The molecular weight excluding hydrogens is 359 g/mol. The Labute approximate surface area is 144 Å². The van der Waals surface area contributed by atoms with Gasteiger partial charge in [0, 0.05) is 6.04 Å². The number of benzene rings is 2. The summed E-state index contributed by atoms with van der Waals surface area (Å²) in [5.74, 6) is -0.474. The zero-order valence-corrected chi connectivity index (χ0v) is 14.5. The maximum Gasteiger partial charge on any atom is 0.237 e. The topological polar surface area (TPSA) is 55.1 Å². The van der Waals surface area contributed by atoms with Crippen LogP contribution >= 0.6 is 15.9 Å². The summed E-state index contributed by atoms with van der Waals surface area (Å²) in [6.45, 7) is 1.91. The zero-order valence-electron chi connectivity index (χ0n) is 12.9. The Kier molecular flexibility index (Phi) is 6.30. The number of halogens is 2. The van der Waals surface area contributed by atoms with Crippen molar-refractivity contribution in [3.05, 3.63) is 69.9 Å². The molecule has 2 aromatic carbocycles. The van der Waals surface area contributed by atoms with Gasteiger partial charge in [-0.1, -0.05) is 36.4 Å². The largest absolute Gasteiger partial charge is 0.352 e. The van der Waals surface area contributed by atoms with Crippen LogP contribution in [0.5, 0.6) is 0 Å². The SMILES string of the molecule is CC(Cc1ccc(F)c(Br)c1)NC(=O)[C@@H](N)Cc1ccccc1. The van der Waals surface area contributed by atoms with Gasteiger partial charge in [-0.25, -0.2) is 4.39 Å². The third-order valence-corrected chi connectivity index (χ3v) is 4.16. The van der Waals surface area contributed by atoms with E-state index in [9.17, 15) is 9.18 Å². The van der Waals surface area contributed by atoms with Crippen LogP contribution in [0.25, 0.3) is 0 Å². The second-order valence-corrected chi connectivity index (χ2v) is 6.51. The van der Waals surface area contributed by atoms with Crippen molar-refractivity contribution in [2.24, 2.45) is 5.73 Å². The van der Waals surface area contributed by atoms with Crippen LogP contribution in [0.15, 0.2) is 53.0 Å². The average molecular weight is 379 g/mol. The van der Waals surface area contributed by atoms with Gasteiger partial charge in [0.25, 0.3) is 0 Å². The van der Waals surface area contributed by atoms with E-state index in [0.717, 1.165) is 11.1 Å². The monoisotopic (exact) mass is 378 g/mol. The van der Waals surface area contributed by atoms with Gasteiger partial charge < -0.3 is 11.1 Å². The van der Waals surface area contributed by atoms with Crippen LogP contribution in [0.2, 0.25) is 0 Å². The Balaban J connectivity index is 1.87. The van der Waals surface area contributed by atoms with Crippen molar-refractivity contribution in [3.63, 3.8) is 0 Å². The maximum absolute atomic E-state index is 13.2. The van der Waals surface area contributed by atoms with E-state index in [1.807, 2.05) is 37.3 Å². The van der Waals surface area contributed by atoms with Crippen LogP contribution in [0.4, 0.5) is 4.39 Å². The van der Waals surface area contributed by atoms with E-state index in [-0.39, 0.29) is 17.8 Å². The van der Waals surface area contributed by atoms with Crippen LogP contribution in [0.1, 0.15) is 18.1 Å². The van der Waals surface area contributed by atoms with Gasteiger partial charge in [0.15, 0.2) is 0 Å². The molecule has 0 fully saturated rings. The fourth-order valence-electron chi connectivity index (χ4n) is 2.38. The van der Waals surface area contributed by atoms with Crippen molar-refractivity contribution in [1.29, 1.82) is 0 Å². The van der Waals surface area contributed by atoms with Crippen LogP contribution < -0.4 is 11.1 Å². The predicted molar refractivity (Wildman–Crippen MR) is 93.5 cm³/mol. The zero-order chi connectivity index (χ0) is 16.8. The lowest BCUT2D eigenvalue weighted by atomic mass is 10.0. The third-order valence-electron chi connectivity index (χ3n) is 3.55. The standard InChI is InChI=1S/C18H20BrFN2O/c1-12(9-14-7-8-16(20)15(19)10-14)22-18(23)17(21)11-13-5-3-2-4-6-13/h2-8,10,12,17H,9,11,21H2,1H3,(H,22,23)/t12?,17-/m0/s1. The van der Waals surface area contributed by atoms with Crippen LogP contribution in [-0.4, -0.2) is 18.0 Å². The van der Waals surface area contributed by atoms with Gasteiger partial charge in [0.2, 0.25) is 5.91 Å². The molecule has 0 aliphatic heterocycles. The highest BCUT2D eigenvalue weighted by Gasteiger charge is 2.16. The Morgan fingerprint density at radius 3 is 2.52 bits per heavy atom. The van der Waals surface area contributed by atoms with E-state index in [2.05, 4.69) is 21.2 Å². The fourth-order valence-corrected chi connectivity index (χ4v) is 2.81. The molecular formula is C18H20BrFN2O. The molecule has 0 heterocycles. The molecule has 0 saturated heterocycles. The molecule has 2 rings (SSSR count). The van der Waals surface area contributed by atoms with Crippen molar-refractivity contribution in [3.8, 4) is 0 Å². The van der Waals surface area contributed by atoms with E-state index >= 15 is 0 Å². The first kappa shape index (κ1) is 17.6. The third kappa shape index (κ3) is 5.44. The molecule has 0 aromatic heterocycles. The number of carbonyl (C=O) groups excluding carboxylic acids is 1. The first-order chi connectivity index (χ1) is 11.0. The van der Waals surface area contributed by atoms with Gasteiger partial charge in [-0.05, 0) is 59.0 Å². The summed E-state index contributed by atoms with van der Waals surface area (Å²) in [5.41, 5.74) is 7.95. The number of nitrogens with two attached hydrogens (primary N) is 1. The van der Waals surface area contributed by atoms with E-state index in [0.29, 0.717) is 17.3 Å². The number of nitrogens with one attached hydrogen (secondary N) is 1. The summed E-state index contributed by atoms with van der Waals surface area (Å²) in [5, 5.41) is 2.91. The lowest BCUT2D eigenvalue weighted by Crippen LogP contribution is -2.46. The molecule has 2 aromatic rings. The number of hydrogen-bond acceptors (Lipinski definition) is 2. The summed E-state index contributed by atoms with van der Waals surface area (Å²) in [6, 6.07) is 13.9. The Morgan fingerprint density at radius 2 is 1.87 bits per heavy atom. The van der Waals surface area contributed by atoms with E-state index in [1.54, 1.807) is 12.1 Å². The summed E-state index contributed by atoms with van der Waals surface area (Å²) < 4.78 is 13.7. The van der Waals surface area contributed by atoms with Gasteiger partial charge in [-0.15, -0.1) is 0 Å². The van der Waals surface area contributed by atoms with E-state index < -0.39 is 6.04 Å². The van der Waals surface area contributed by atoms with Gasteiger partial charge >= 0.3 is 0 Å². The minimum Gasteiger partial charge on any atom is -0.352 e. The Hall–Kier alpha value is -1.72. The molecule has 1 amide bonds. The van der Waals surface area contributed by atoms with Crippen molar-refractivity contribution < 1.29 is 9.18 Å². The first-order valence-electron chi connectivity index (χ1n) is 7.49. The fraction of sp³-hybridized carbons (Fsp3) is 0.278. The summed E-state index contributed by atoms with van der Waals surface area (Å²) in [7, 11) is 0. The Bertz CT molecular complexity index is 663. The highest BCUT2D eigenvalue weighted by atomic mass is 79.9. The molecule has 3 nitrogen and oxygen atoms in total. The maximum atomic E-state index is 13.2. The number of rotatable bonds is 6. The molecule has 2 atom stereocenters. The van der Waals surface area contributed by atoms with Crippen molar-refractivity contribution in [2.45, 2.75) is 31.8 Å². The van der Waals surface area contributed by atoms with E-state index in [1.165, 1.54) is 6.07 Å². The van der Waals surface area contributed by atoms with Gasteiger partial charge in [-0.3, -0.25) is 4.79 Å². The van der Waals surface area contributed by atoms with Crippen LogP contribution in [0.3, 0.4) is 0 Å². The molecule has 3 N–H and O–H groups in total. The van der Waals surface area contributed by atoms with Crippen molar-refractivity contribution in [1.82, 2.24) is 5.32 Å². The highest BCUT2D eigenvalue weighted by Crippen LogP contribution is 2.17. The van der Waals surface area contributed by atoms with Gasteiger partial charge in [0.05, 0.1) is 10.5 Å². The average Bonchev–Trinajstić information content (AvgIpc) is 2.51.